The number of carbonyl (C=O) groups excluding carboxylic acids is 1. The predicted octanol–water partition coefficient (Wildman–Crippen LogP) is 1.62. The van der Waals surface area contributed by atoms with Crippen LogP contribution in [-0.2, 0) is 4.79 Å². The van der Waals surface area contributed by atoms with Gasteiger partial charge in [0.15, 0.2) is 23.5 Å². The van der Waals surface area contributed by atoms with E-state index < -0.39 is 6.04 Å². The number of benzene rings is 1. The Labute approximate surface area is 124 Å². The molecule has 0 spiro atoms. The molecule has 1 aliphatic rings. The molecule has 0 fully saturated rings. The fraction of sp³-hybridized carbons (Fsp3) is 0.467. The van der Waals surface area contributed by atoms with E-state index in [9.17, 15) is 4.79 Å². The van der Waals surface area contributed by atoms with Crippen molar-refractivity contribution >= 4 is 11.9 Å². The standard InChI is InChI=1S/C15H21N3O3/c1-15(2,3)18-14-16-12(13(19)17-14)9-6-7-10(20-4)11(8-9)21-5/h6-8,12H,1-5H3,(H2,16,17,18,19). The van der Waals surface area contributed by atoms with Crippen molar-refractivity contribution in [1.29, 1.82) is 0 Å². The molecule has 1 atom stereocenters. The van der Waals surface area contributed by atoms with Gasteiger partial charge in [-0.2, -0.15) is 0 Å². The second-order valence-corrected chi connectivity index (χ2v) is 5.86. The summed E-state index contributed by atoms with van der Waals surface area (Å²) in [4.78, 5) is 16.5. The molecule has 1 aromatic carbocycles. The second kappa shape index (κ2) is 5.63. The quantitative estimate of drug-likeness (QED) is 0.887. The zero-order valence-corrected chi connectivity index (χ0v) is 13.0. The highest BCUT2D eigenvalue weighted by atomic mass is 16.5. The number of nitrogens with one attached hydrogen (secondary N) is 2. The minimum atomic E-state index is -0.574. The summed E-state index contributed by atoms with van der Waals surface area (Å²) in [5.41, 5.74) is 0.592. The Balaban J connectivity index is 2.27. The van der Waals surface area contributed by atoms with Crippen LogP contribution in [0.15, 0.2) is 23.2 Å². The summed E-state index contributed by atoms with van der Waals surface area (Å²) < 4.78 is 10.5. The number of hydrogen-bond acceptors (Lipinski definition) is 5. The smallest absolute Gasteiger partial charge is 0.256 e. The lowest BCUT2D eigenvalue weighted by molar-refractivity contribution is -0.120. The van der Waals surface area contributed by atoms with Gasteiger partial charge in [0, 0.05) is 5.54 Å². The molecule has 1 unspecified atom stereocenters. The van der Waals surface area contributed by atoms with Crippen molar-refractivity contribution in [3.8, 4) is 11.5 Å². The molecule has 2 N–H and O–H groups in total. The van der Waals surface area contributed by atoms with Crippen molar-refractivity contribution in [2.24, 2.45) is 4.99 Å². The summed E-state index contributed by atoms with van der Waals surface area (Å²) in [6, 6.07) is 4.78. The van der Waals surface area contributed by atoms with Crippen LogP contribution in [0.5, 0.6) is 11.5 Å². The maximum Gasteiger partial charge on any atom is 0.256 e. The van der Waals surface area contributed by atoms with Crippen LogP contribution in [0, 0.1) is 0 Å². The summed E-state index contributed by atoms with van der Waals surface area (Å²) in [5.74, 6) is 1.54. The molecule has 0 saturated carbocycles. The Morgan fingerprint density at radius 1 is 1.19 bits per heavy atom. The molecule has 0 radical (unpaired) electrons. The third kappa shape index (κ3) is 3.45. The van der Waals surface area contributed by atoms with Crippen LogP contribution in [0.2, 0.25) is 0 Å². The number of carbonyl (C=O) groups is 1. The number of hydrogen-bond donors (Lipinski definition) is 2. The molecule has 0 bridgehead atoms. The largest absolute Gasteiger partial charge is 0.493 e. The topological polar surface area (TPSA) is 72.0 Å². The van der Waals surface area contributed by atoms with E-state index in [1.165, 1.54) is 0 Å². The molecule has 1 aromatic rings. The van der Waals surface area contributed by atoms with Gasteiger partial charge in [0.25, 0.3) is 5.91 Å². The van der Waals surface area contributed by atoms with E-state index in [4.69, 9.17) is 9.47 Å². The monoisotopic (exact) mass is 291 g/mol. The van der Waals surface area contributed by atoms with E-state index in [2.05, 4.69) is 15.6 Å². The fourth-order valence-electron chi connectivity index (χ4n) is 2.07. The molecular weight excluding hydrogens is 270 g/mol. The number of rotatable bonds is 3. The fourth-order valence-corrected chi connectivity index (χ4v) is 2.07. The number of methoxy groups -OCH3 is 2. The van der Waals surface area contributed by atoms with Gasteiger partial charge in [-0.05, 0) is 38.5 Å². The van der Waals surface area contributed by atoms with Crippen LogP contribution in [0.25, 0.3) is 0 Å². The molecule has 1 amide bonds. The maximum absolute atomic E-state index is 12.1. The highest BCUT2D eigenvalue weighted by molar-refractivity contribution is 6.05. The average molecular weight is 291 g/mol. The predicted molar refractivity (Wildman–Crippen MR) is 80.8 cm³/mol. The first kappa shape index (κ1) is 15.2. The first-order valence-corrected chi connectivity index (χ1v) is 6.73. The first-order chi connectivity index (χ1) is 9.84. The van der Waals surface area contributed by atoms with E-state index in [0.29, 0.717) is 17.5 Å². The Kier molecular flexibility index (Phi) is 4.06. The van der Waals surface area contributed by atoms with Gasteiger partial charge in [-0.1, -0.05) is 6.07 Å². The van der Waals surface area contributed by atoms with E-state index in [1.54, 1.807) is 26.4 Å². The number of guanidine groups is 1. The summed E-state index contributed by atoms with van der Waals surface area (Å²) >= 11 is 0. The van der Waals surface area contributed by atoms with Gasteiger partial charge in [0.1, 0.15) is 0 Å². The Morgan fingerprint density at radius 3 is 2.43 bits per heavy atom. The van der Waals surface area contributed by atoms with Gasteiger partial charge in [0.05, 0.1) is 14.2 Å². The number of nitrogens with zero attached hydrogens (tertiary/aromatic N) is 1. The van der Waals surface area contributed by atoms with Crippen molar-refractivity contribution in [2.75, 3.05) is 14.2 Å². The zero-order valence-electron chi connectivity index (χ0n) is 13.0. The molecule has 0 saturated heterocycles. The van der Waals surface area contributed by atoms with Crippen LogP contribution >= 0.6 is 0 Å². The minimum absolute atomic E-state index is 0.158. The molecule has 1 aliphatic heterocycles. The van der Waals surface area contributed by atoms with Crippen molar-refractivity contribution in [3.05, 3.63) is 23.8 Å². The molecule has 2 rings (SSSR count). The molecular formula is C15H21N3O3. The molecule has 1 heterocycles. The van der Waals surface area contributed by atoms with Gasteiger partial charge in [0.2, 0.25) is 0 Å². The molecule has 114 valence electrons. The van der Waals surface area contributed by atoms with Gasteiger partial charge in [-0.25, -0.2) is 4.99 Å². The van der Waals surface area contributed by atoms with Crippen LogP contribution in [0.3, 0.4) is 0 Å². The van der Waals surface area contributed by atoms with Crippen molar-refractivity contribution < 1.29 is 14.3 Å². The van der Waals surface area contributed by atoms with Gasteiger partial charge in [-0.3, -0.25) is 10.1 Å². The molecule has 21 heavy (non-hydrogen) atoms. The number of ether oxygens (including phenoxy) is 2. The highest BCUT2D eigenvalue weighted by Crippen LogP contribution is 2.32. The minimum Gasteiger partial charge on any atom is -0.493 e. The SMILES string of the molecule is COc1ccc(C2N=C(NC(C)(C)C)NC2=O)cc1OC. The average Bonchev–Trinajstić information content (AvgIpc) is 2.76. The number of amides is 1. The summed E-state index contributed by atoms with van der Waals surface area (Å²) in [7, 11) is 3.13. The van der Waals surface area contributed by atoms with E-state index in [1.807, 2.05) is 26.8 Å². The lowest BCUT2D eigenvalue weighted by Crippen LogP contribution is -2.46. The first-order valence-electron chi connectivity index (χ1n) is 6.73. The normalized spacial score (nSPS) is 18.0. The second-order valence-electron chi connectivity index (χ2n) is 5.86. The third-order valence-electron chi connectivity index (χ3n) is 2.96. The van der Waals surface area contributed by atoms with Gasteiger partial charge >= 0.3 is 0 Å². The molecule has 0 aromatic heterocycles. The highest BCUT2D eigenvalue weighted by Gasteiger charge is 2.30. The van der Waals surface area contributed by atoms with Crippen molar-refractivity contribution in [2.45, 2.75) is 32.4 Å². The zero-order chi connectivity index (χ0) is 15.6. The summed E-state index contributed by atoms with van der Waals surface area (Å²) in [6.45, 7) is 6.02. The Bertz CT molecular complexity index is 576. The van der Waals surface area contributed by atoms with Crippen LogP contribution < -0.4 is 20.1 Å². The van der Waals surface area contributed by atoms with E-state index in [0.717, 1.165) is 5.56 Å². The van der Waals surface area contributed by atoms with E-state index >= 15 is 0 Å². The number of aliphatic imine (C=N–C) groups is 1. The van der Waals surface area contributed by atoms with Crippen molar-refractivity contribution in [3.63, 3.8) is 0 Å². The third-order valence-corrected chi connectivity index (χ3v) is 2.96. The molecule has 0 aliphatic carbocycles. The van der Waals surface area contributed by atoms with Crippen LogP contribution in [0.4, 0.5) is 0 Å². The van der Waals surface area contributed by atoms with Gasteiger partial charge in [-0.15, -0.1) is 0 Å². The summed E-state index contributed by atoms with van der Waals surface area (Å²) in [6.07, 6.45) is 0. The Morgan fingerprint density at radius 2 is 1.86 bits per heavy atom. The molecule has 6 nitrogen and oxygen atoms in total. The van der Waals surface area contributed by atoms with E-state index in [-0.39, 0.29) is 11.4 Å². The lowest BCUT2D eigenvalue weighted by Gasteiger charge is -2.21. The maximum atomic E-state index is 12.1. The summed E-state index contributed by atoms with van der Waals surface area (Å²) in [5, 5.41) is 5.91. The van der Waals surface area contributed by atoms with Crippen molar-refractivity contribution in [1.82, 2.24) is 10.6 Å². The van der Waals surface area contributed by atoms with Crippen LogP contribution in [0.1, 0.15) is 32.4 Å². The lowest BCUT2D eigenvalue weighted by atomic mass is 10.1. The van der Waals surface area contributed by atoms with Gasteiger partial charge < -0.3 is 14.8 Å². The Hall–Kier alpha value is -2.24. The molecule has 6 heteroatoms. The van der Waals surface area contributed by atoms with Crippen LogP contribution in [-0.4, -0.2) is 31.6 Å².